The fourth-order valence-electron chi connectivity index (χ4n) is 3.06. The summed E-state index contributed by atoms with van der Waals surface area (Å²) in [5.74, 6) is 0.00531. The van der Waals surface area contributed by atoms with E-state index in [0.717, 1.165) is 0 Å². The van der Waals surface area contributed by atoms with Gasteiger partial charge in [0.1, 0.15) is 0 Å². The second-order valence-corrected chi connectivity index (χ2v) is 6.00. The highest BCUT2D eigenvalue weighted by Crippen LogP contribution is 2.21. The van der Waals surface area contributed by atoms with Crippen LogP contribution in [0.4, 0.5) is 4.79 Å². The monoisotopic (exact) mass is 312 g/mol. The maximum Gasteiger partial charge on any atom is 0.320 e. The summed E-state index contributed by atoms with van der Waals surface area (Å²) in [6.07, 6.45) is 1.15. The molecule has 0 saturated carbocycles. The van der Waals surface area contributed by atoms with Crippen molar-refractivity contribution in [1.82, 2.24) is 14.7 Å². The number of nitrogens with two attached hydrogens (primary N) is 1. The van der Waals surface area contributed by atoms with Crippen LogP contribution in [0.15, 0.2) is 0 Å². The third-order valence-electron chi connectivity index (χ3n) is 4.68. The molecule has 2 saturated heterocycles. The van der Waals surface area contributed by atoms with Crippen molar-refractivity contribution >= 4 is 11.9 Å². The average Bonchev–Trinajstić information content (AvgIpc) is 2.56. The van der Waals surface area contributed by atoms with Crippen LogP contribution < -0.4 is 5.73 Å². The zero-order valence-corrected chi connectivity index (χ0v) is 13.7. The van der Waals surface area contributed by atoms with Crippen molar-refractivity contribution in [2.24, 2.45) is 5.73 Å². The number of urea groups is 1. The van der Waals surface area contributed by atoms with Gasteiger partial charge in [0.2, 0.25) is 5.91 Å². The zero-order valence-electron chi connectivity index (χ0n) is 13.7. The number of piperazine rings is 1. The van der Waals surface area contributed by atoms with Crippen molar-refractivity contribution in [2.75, 3.05) is 52.5 Å². The third kappa shape index (κ3) is 3.52. The molecule has 2 heterocycles. The standard InChI is InChI=1S/C15H28N4O3/c1-3-17(4-2)14(21)19-9-7-18(8-10-19)13(20)15(16)5-11-22-12-6-15/h3-12,16H2,1-2H3. The van der Waals surface area contributed by atoms with Gasteiger partial charge in [0, 0.05) is 52.5 Å². The SMILES string of the molecule is CCN(CC)C(=O)N1CCN(C(=O)C2(N)CCOCC2)CC1. The van der Waals surface area contributed by atoms with Gasteiger partial charge in [-0.2, -0.15) is 0 Å². The van der Waals surface area contributed by atoms with Crippen LogP contribution in [-0.2, 0) is 9.53 Å². The first-order chi connectivity index (χ1) is 10.5. The number of amides is 3. The van der Waals surface area contributed by atoms with E-state index in [4.69, 9.17) is 10.5 Å². The Morgan fingerprint density at radius 1 is 1.05 bits per heavy atom. The lowest BCUT2D eigenvalue weighted by molar-refractivity contribution is -0.142. The van der Waals surface area contributed by atoms with E-state index in [1.807, 2.05) is 18.7 Å². The molecule has 0 radical (unpaired) electrons. The van der Waals surface area contributed by atoms with Crippen molar-refractivity contribution in [3.8, 4) is 0 Å². The first kappa shape index (κ1) is 17.0. The van der Waals surface area contributed by atoms with Crippen LogP contribution in [0.5, 0.6) is 0 Å². The molecule has 0 bridgehead atoms. The molecule has 0 aromatic carbocycles. The molecule has 0 aromatic heterocycles. The molecule has 7 heteroatoms. The van der Waals surface area contributed by atoms with E-state index in [2.05, 4.69) is 0 Å². The molecule has 0 spiro atoms. The van der Waals surface area contributed by atoms with Crippen LogP contribution in [0.1, 0.15) is 26.7 Å². The first-order valence-corrected chi connectivity index (χ1v) is 8.21. The van der Waals surface area contributed by atoms with Crippen molar-refractivity contribution in [3.63, 3.8) is 0 Å². The summed E-state index contributed by atoms with van der Waals surface area (Å²) in [5, 5.41) is 0. The predicted molar refractivity (Wildman–Crippen MR) is 83.4 cm³/mol. The zero-order chi connectivity index (χ0) is 16.2. The van der Waals surface area contributed by atoms with Crippen molar-refractivity contribution in [1.29, 1.82) is 0 Å². The maximum absolute atomic E-state index is 12.6. The predicted octanol–water partition coefficient (Wildman–Crippen LogP) is 0.100. The fourth-order valence-corrected chi connectivity index (χ4v) is 3.06. The molecule has 22 heavy (non-hydrogen) atoms. The molecule has 2 fully saturated rings. The summed E-state index contributed by atoms with van der Waals surface area (Å²) in [6.45, 7) is 8.74. The van der Waals surface area contributed by atoms with Crippen molar-refractivity contribution in [2.45, 2.75) is 32.2 Å². The van der Waals surface area contributed by atoms with Gasteiger partial charge >= 0.3 is 6.03 Å². The van der Waals surface area contributed by atoms with Gasteiger partial charge in [0.15, 0.2) is 0 Å². The van der Waals surface area contributed by atoms with E-state index in [9.17, 15) is 9.59 Å². The van der Waals surface area contributed by atoms with Gasteiger partial charge in [-0.15, -0.1) is 0 Å². The van der Waals surface area contributed by atoms with Crippen LogP contribution in [-0.4, -0.2) is 84.7 Å². The fraction of sp³-hybridized carbons (Fsp3) is 0.867. The molecule has 0 aliphatic carbocycles. The number of hydrogen-bond donors (Lipinski definition) is 1. The highest BCUT2D eigenvalue weighted by atomic mass is 16.5. The lowest BCUT2D eigenvalue weighted by Crippen LogP contribution is -2.62. The van der Waals surface area contributed by atoms with Gasteiger partial charge in [-0.1, -0.05) is 0 Å². The van der Waals surface area contributed by atoms with Crippen molar-refractivity contribution < 1.29 is 14.3 Å². The number of carbonyl (C=O) groups excluding carboxylic acids is 2. The minimum absolute atomic E-state index is 0.00531. The van der Waals surface area contributed by atoms with Gasteiger partial charge in [-0.3, -0.25) is 4.79 Å². The van der Waals surface area contributed by atoms with Crippen molar-refractivity contribution in [3.05, 3.63) is 0 Å². The van der Waals surface area contributed by atoms with E-state index in [1.165, 1.54) is 0 Å². The number of hydrogen-bond acceptors (Lipinski definition) is 4. The normalized spacial score (nSPS) is 21.6. The molecule has 2 rings (SSSR count). The number of carbonyl (C=O) groups is 2. The summed E-state index contributed by atoms with van der Waals surface area (Å²) < 4.78 is 5.29. The molecule has 0 aromatic rings. The molecular weight excluding hydrogens is 284 g/mol. The molecular formula is C15H28N4O3. The van der Waals surface area contributed by atoms with Crippen LogP contribution in [0.2, 0.25) is 0 Å². The quantitative estimate of drug-likeness (QED) is 0.801. The molecule has 7 nitrogen and oxygen atoms in total. The number of ether oxygens (including phenoxy) is 1. The van der Waals surface area contributed by atoms with E-state index in [-0.39, 0.29) is 11.9 Å². The van der Waals surface area contributed by atoms with Crippen LogP contribution in [0, 0.1) is 0 Å². The van der Waals surface area contributed by atoms with E-state index >= 15 is 0 Å². The van der Waals surface area contributed by atoms with E-state index < -0.39 is 5.54 Å². The maximum atomic E-state index is 12.6. The Bertz CT molecular complexity index is 398. The lowest BCUT2D eigenvalue weighted by Gasteiger charge is -2.41. The largest absolute Gasteiger partial charge is 0.381 e. The summed E-state index contributed by atoms with van der Waals surface area (Å²) in [4.78, 5) is 30.4. The van der Waals surface area contributed by atoms with E-state index in [1.54, 1.807) is 9.80 Å². The second kappa shape index (κ2) is 7.28. The van der Waals surface area contributed by atoms with Gasteiger partial charge in [-0.25, -0.2) is 4.79 Å². The number of rotatable bonds is 3. The summed E-state index contributed by atoms with van der Waals surface area (Å²) >= 11 is 0. The summed E-state index contributed by atoms with van der Waals surface area (Å²) in [6, 6.07) is 0.0608. The van der Waals surface area contributed by atoms with Gasteiger partial charge in [0.05, 0.1) is 5.54 Å². The minimum Gasteiger partial charge on any atom is -0.381 e. The topological polar surface area (TPSA) is 79.1 Å². The Morgan fingerprint density at radius 2 is 1.55 bits per heavy atom. The Hall–Kier alpha value is -1.34. The second-order valence-electron chi connectivity index (χ2n) is 6.00. The summed E-state index contributed by atoms with van der Waals surface area (Å²) in [7, 11) is 0. The Kier molecular flexibility index (Phi) is 5.63. The van der Waals surface area contributed by atoms with Gasteiger partial charge < -0.3 is 25.2 Å². The average molecular weight is 312 g/mol. The first-order valence-electron chi connectivity index (χ1n) is 8.21. The molecule has 0 unspecified atom stereocenters. The third-order valence-corrected chi connectivity index (χ3v) is 4.68. The summed E-state index contributed by atoms with van der Waals surface area (Å²) in [5.41, 5.74) is 5.47. The molecule has 3 amide bonds. The Morgan fingerprint density at radius 3 is 2.05 bits per heavy atom. The lowest BCUT2D eigenvalue weighted by atomic mass is 9.89. The molecule has 0 atom stereocenters. The van der Waals surface area contributed by atoms with E-state index in [0.29, 0.717) is 65.3 Å². The van der Waals surface area contributed by atoms with Crippen LogP contribution in [0.25, 0.3) is 0 Å². The van der Waals surface area contributed by atoms with Crippen LogP contribution >= 0.6 is 0 Å². The molecule has 2 N–H and O–H groups in total. The van der Waals surface area contributed by atoms with Gasteiger partial charge in [0.25, 0.3) is 0 Å². The van der Waals surface area contributed by atoms with Crippen LogP contribution in [0.3, 0.4) is 0 Å². The highest BCUT2D eigenvalue weighted by Gasteiger charge is 2.40. The smallest absolute Gasteiger partial charge is 0.320 e. The minimum atomic E-state index is -0.788. The molecule has 126 valence electrons. The Balaban J connectivity index is 1.89. The molecule has 2 aliphatic rings. The number of nitrogens with zero attached hydrogens (tertiary/aromatic N) is 3. The molecule has 2 aliphatic heterocycles. The highest BCUT2D eigenvalue weighted by molar-refractivity contribution is 5.86. The Labute approximate surface area is 132 Å². The van der Waals surface area contributed by atoms with Gasteiger partial charge in [-0.05, 0) is 26.7 Å².